The lowest BCUT2D eigenvalue weighted by atomic mass is 10.3. The second-order valence-electron chi connectivity index (χ2n) is 4.22. The Morgan fingerprint density at radius 1 is 1.30 bits per heavy atom. The number of benzene rings is 1. The minimum absolute atomic E-state index is 0.157. The van der Waals surface area contributed by atoms with Gasteiger partial charge in [0.05, 0.1) is 5.69 Å². The van der Waals surface area contributed by atoms with Crippen molar-refractivity contribution in [3.8, 4) is 0 Å². The summed E-state index contributed by atoms with van der Waals surface area (Å²) < 4.78 is 53.0. The third kappa shape index (κ3) is 3.78. The molecule has 1 aliphatic heterocycles. The van der Waals surface area contributed by atoms with Crippen LogP contribution in [-0.4, -0.2) is 37.5 Å². The number of anilines is 1. The van der Waals surface area contributed by atoms with E-state index in [4.69, 9.17) is 5.73 Å². The highest BCUT2D eigenvalue weighted by Crippen LogP contribution is 2.25. The molecule has 0 radical (unpaired) electrons. The number of halogens is 2. The van der Waals surface area contributed by atoms with E-state index in [0.29, 0.717) is 6.07 Å². The molecule has 9 heteroatoms. The summed E-state index contributed by atoms with van der Waals surface area (Å²) in [5, 5.41) is 0.157. The van der Waals surface area contributed by atoms with Gasteiger partial charge in [-0.2, -0.15) is 23.5 Å². The van der Waals surface area contributed by atoms with E-state index in [-0.39, 0.29) is 11.8 Å². The predicted octanol–water partition coefficient (Wildman–Crippen LogP) is 1.67. The molecule has 1 aromatic carbocycles. The summed E-state index contributed by atoms with van der Waals surface area (Å²) in [5.41, 5.74) is 4.89. The summed E-state index contributed by atoms with van der Waals surface area (Å²) in [6.45, 7) is 0.219. The van der Waals surface area contributed by atoms with Crippen LogP contribution < -0.4 is 10.5 Å². The maximum absolute atomic E-state index is 13.6. The predicted molar refractivity (Wildman–Crippen MR) is 79.5 cm³/mol. The number of rotatable bonds is 4. The second kappa shape index (κ2) is 6.50. The molecule has 1 unspecified atom stereocenters. The lowest BCUT2D eigenvalue weighted by molar-refractivity contribution is 0.545. The van der Waals surface area contributed by atoms with Gasteiger partial charge in [-0.05, 0) is 6.07 Å². The van der Waals surface area contributed by atoms with Gasteiger partial charge < -0.3 is 5.73 Å². The lowest BCUT2D eigenvalue weighted by Crippen LogP contribution is -2.34. The van der Waals surface area contributed by atoms with Crippen molar-refractivity contribution in [3.05, 3.63) is 23.8 Å². The van der Waals surface area contributed by atoms with Crippen molar-refractivity contribution in [1.29, 1.82) is 0 Å². The fraction of sp³-hybridized carbons (Fsp3) is 0.455. The molecule has 1 aliphatic rings. The van der Waals surface area contributed by atoms with Crippen LogP contribution in [0.1, 0.15) is 0 Å². The molecule has 0 amide bonds. The highest BCUT2D eigenvalue weighted by molar-refractivity contribution is 8.06. The molecule has 0 aromatic heterocycles. The highest BCUT2D eigenvalue weighted by Gasteiger charge is 2.23. The smallest absolute Gasteiger partial charge is 0.243 e. The minimum atomic E-state index is -4.02. The quantitative estimate of drug-likeness (QED) is 0.816. The fourth-order valence-electron chi connectivity index (χ4n) is 1.69. The molecule has 1 aromatic rings. The summed E-state index contributed by atoms with van der Waals surface area (Å²) >= 11 is 3.44. The van der Waals surface area contributed by atoms with Gasteiger partial charge in [0.2, 0.25) is 10.0 Å². The van der Waals surface area contributed by atoms with Gasteiger partial charge in [-0.1, -0.05) is 0 Å². The van der Waals surface area contributed by atoms with Gasteiger partial charge in [0.1, 0.15) is 16.5 Å². The van der Waals surface area contributed by atoms with E-state index in [1.54, 1.807) is 23.5 Å². The van der Waals surface area contributed by atoms with Crippen molar-refractivity contribution in [2.75, 3.05) is 29.5 Å². The van der Waals surface area contributed by atoms with Gasteiger partial charge in [0.15, 0.2) is 0 Å². The number of hydrogen-bond acceptors (Lipinski definition) is 5. The molecule has 1 saturated heterocycles. The van der Waals surface area contributed by atoms with Crippen LogP contribution in [0.2, 0.25) is 0 Å². The van der Waals surface area contributed by atoms with Crippen molar-refractivity contribution < 1.29 is 17.2 Å². The van der Waals surface area contributed by atoms with Gasteiger partial charge in [0.25, 0.3) is 0 Å². The lowest BCUT2D eigenvalue weighted by Gasteiger charge is -2.21. The first-order chi connectivity index (χ1) is 9.40. The molecule has 0 bridgehead atoms. The summed E-state index contributed by atoms with van der Waals surface area (Å²) in [6, 6.07) is 1.28. The molecule has 20 heavy (non-hydrogen) atoms. The van der Waals surface area contributed by atoms with Crippen LogP contribution in [0.3, 0.4) is 0 Å². The molecule has 3 N–H and O–H groups in total. The Kier molecular flexibility index (Phi) is 5.16. The first kappa shape index (κ1) is 15.9. The minimum Gasteiger partial charge on any atom is -0.396 e. The molecule has 0 aliphatic carbocycles. The van der Waals surface area contributed by atoms with E-state index in [9.17, 15) is 17.2 Å². The van der Waals surface area contributed by atoms with Gasteiger partial charge >= 0.3 is 0 Å². The zero-order chi connectivity index (χ0) is 14.8. The monoisotopic (exact) mass is 340 g/mol. The van der Waals surface area contributed by atoms with Crippen LogP contribution in [0.15, 0.2) is 17.0 Å². The summed E-state index contributed by atoms with van der Waals surface area (Å²) in [5.74, 6) is 0.753. The fourth-order valence-corrected chi connectivity index (χ4v) is 5.58. The Labute approximate surface area is 124 Å². The zero-order valence-electron chi connectivity index (χ0n) is 10.4. The van der Waals surface area contributed by atoms with Crippen LogP contribution in [0, 0.1) is 11.6 Å². The third-order valence-corrected chi connectivity index (χ3v) is 7.01. The number of nitrogens with one attached hydrogen (secondary N) is 1. The molecule has 0 saturated carbocycles. The normalized spacial score (nSPS) is 20.0. The Morgan fingerprint density at radius 3 is 2.70 bits per heavy atom. The van der Waals surface area contributed by atoms with Gasteiger partial charge in [-0.3, -0.25) is 0 Å². The maximum atomic E-state index is 13.6. The summed E-state index contributed by atoms with van der Waals surface area (Å²) in [7, 11) is -4.02. The Balaban J connectivity index is 2.11. The topological polar surface area (TPSA) is 72.2 Å². The molecule has 1 heterocycles. The highest BCUT2D eigenvalue weighted by atomic mass is 32.2. The van der Waals surface area contributed by atoms with E-state index in [1.165, 1.54) is 0 Å². The summed E-state index contributed by atoms with van der Waals surface area (Å²) in [6.07, 6.45) is 0. The number of sulfonamides is 1. The van der Waals surface area contributed by atoms with E-state index in [0.717, 1.165) is 23.3 Å². The van der Waals surface area contributed by atoms with Crippen molar-refractivity contribution in [1.82, 2.24) is 4.72 Å². The van der Waals surface area contributed by atoms with E-state index < -0.39 is 32.2 Å². The van der Waals surface area contributed by atoms with Crippen LogP contribution in [0.25, 0.3) is 0 Å². The number of nitrogens with two attached hydrogens (primary N) is 1. The molecular formula is C11H14F2N2O2S3. The van der Waals surface area contributed by atoms with Crippen molar-refractivity contribution in [2.24, 2.45) is 0 Å². The largest absolute Gasteiger partial charge is 0.396 e. The van der Waals surface area contributed by atoms with Crippen LogP contribution in [-0.2, 0) is 10.0 Å². The molecule has 4 nitrogen and oxygen atoms in total. The zero-order valence-corrected chi connectivity index (χ0v) is 12.9. The van der Waals surface area contributed by atoms with Gasteiger partial charge in [0, 0.05) is 35.1 Å². The van der Waals surface area contributed by atoms with Crippen LogP contribution >= 0.6 is 23.5 Å². The Bertz CT molecular complexity index is 590. The SMILES string of the molecule is Nc1cc(S(=O)(=O)NCC2CSCCS2)c(F)cc1F. The second-order valence-corrected chi connectivity index (χ2v) is 8.52. The molecule has 0 spiro atoms. The standard InChI is InChI=1S/C11H14F2N2O2S3/c12-8-3-9(13)11(4-10(8)14)20(16,17)15-5-7-6-18-1-2-19-7/h3-4,7,15H,1-2,5-6,14H2. The van der Waals surface area contributed by atoms with E-state index in [2.05, 4.69) is 4.72 Å². The Hall–Kier alpha value is -0.510. The molecular weight excluding hydrogens is 326 g/mol. The van der Waals surface area contributed by atoms with Gasteiger partial charge in [-0.25, -0.2) is 21.9 Å². The van der Waals surface area contributed by atoms with Gasteiger partial charge in [-0.15, -0.1) is 0 Å². The first-order valence-corrected chi connectivity index (χ1v) is 9.52. The number of hydrogen-bond donors (Lipinski definition) is 2. The maximum Gasteiger partial charge on any atom is 0.243 e. The molecule has 1 atom stereocenters. The first-order valence-electron chi connectivity index (χ1n) is 5.83. The number of nitrogen functional groups attached to an aromatic ring is 1. The average molecular weight is 340 g/mol. The van der Waals surface area contributed by atoms with Crippen LogP contribution in [0.5, 0.6) is 0 Å². The molecule has 1 fully saturated rings. The average Bonchev–Trinajstić information content (AvgIpc) is 2.42. The summed E-state index contributed by atoms with van der Waals surface area (Å²) in [4.78, 5) is -0.620. The van der Waals surface area contributed by atoms with E-state index >= 15 is 0 Å². The third-order valence-electron chi connectivity index (χ3n) is 2.73. The molecule has 2 rings (SSSR count). The Morgan fingerprint density at radius 2 is 2.05 bits per heavy atom. The van der Waals surface area contributed by atoms with Crippen LogP contribution in [0.4, 0.5) is 14.5 Å². The van der Waals surface area contributed by atoms with Crippen molar-refractivity contribution in [3.63, 3.8) is 0 Å². The van der Waals surface area contributed by atoms with E-state index in [1.807, 2.05) is 0 Å². The number of thioether (sulfide) groups is 2. The molecule has 112 valence electrons. The van der Waals surface area contributed by atoms with Crippen molar-refractivity contribution >= 4 is 39.2 Å². The van der Waals surface area contributed by atoms with Crippen molar-refractivity contribution in [2.45, 2.75) is 10.1 Å².